The number of nitrogens with one attached hydrogen (secondary N) is 1. The number of pyridine rings is 1. The molecule has 1 N–H and O–H groups in total. The van der Waals surface area contributed by atoms with Crippen LogP contribution in [0.4, 0.5) is 10.5 Å². The number of hydrogen-bond acceptors (Lipinski definition) is 6. The Labute approximate surface area is 211 Å². The van der Waals surface area contributed by atoms with Crippen LogP contribution in [0.2, 0.25) is 5.02 Å². The minimum atomic E-state index is -0.530. The molecule has 2 heterocycles. The zero-order valence-electron chi connectivity index (χ0n) is 21.1. The highest BCUT2D eigenvalue weighted by Crippen LogP contribution is 2.27. The molecule has 1 aliphatic heterocycles. The number of benzene rings is 1. The van der Waals surface area contributed by atoms with E-state index in [1.807, 2.05) is 40.7 Å². The Kier molecular flexibility index (Phi) is 8.04. The zero-order chi connectivity index (χ0) is 25.9. The topological polar surface area (TPSA) is 98.6 Å². The van der Waals surface area contributed by atoms with Gasteiger partial charge in [0.2, 0.25) is 0 Å². The van der Waals surface area contributed by atoms with Crippen molar-refractivity contribution in [3.05, 3.63) is 57.4 Å². The van der Waals surface area contributed by atoms with Gasteiger partial charge >= 0.3 is 6.09 Å². The first-order valence-corrected chi connectivity index (χ1v) is 11.9. The van der Waals surface area contributed by atoms with Crippen molar-refractivity contribution in [2.24, 2.45) is 0 Å². The van der Waals surface area contributed by atoms with Crippen LogP contribution in [0.5, 0.6) is 0 Å². The first-order chi connectivity index (χ1) is 16.4. The van der Waals surface area contributed by atoms with Crippen molar-refractivity contribution in [1.82, 2.24) is 14.8 Å². The number of aromatic nitrogens is 1. The van der Waals surface area contributed by atoms with Crippen LogP contribution in [0.1, 0.15) is 60.4 Å². The van der Waals surface area contributed by atoms with E-state index < -0.39 is 5.60 Å². The van der Waals surface area contributed by atoms with Crippen molar-refractivity contribution in [3.63, 3.8) is 0 Å². The molecule has 1 aliphatic rings. The molecule has 8 nitrogen and oxygen atoms in total. The second-order valence-electron chi connectivity index (χ2n) is 9.92. The van der Waals surface area contributed by atoms with Gasteiger partial charge < -0.3 is 15.0 Å². The van der Waals surface area contributed by atoms with Gasteiger partial charge in [0, 0.05) is 49.1 Å². The predicted molar refractivity (Wildman–Crippen MR) is 136 cm³/mol. The van der Waals surface area contributed by atoms with Gasteiger partial charge in [-0.05, 0) is 70.9 Å². The number of amides is 2. The van der Waals surface area contributed by atoms with Gasteiger partial charge in [-0.25, -0.2) is 4.79 Å². The molecular weight excluding hydrogens is 466 g/mol. The molecule has 1 aromatic carbocycles. The third kappa shape index (κ3) is 6.71. The van der Waals surface area contributed by atoms with Crippen molar-refractivity contribution >= 4 is 29.3 Å². The molecule has 0 bridgehead atoms. The largest absolute Gasteiger partial charge is 0.444 e. The van der Waals surface area contributed by atoms with Crippen molar-refractivity contribution in [1.29, 1.82) is 5.26 Å². The van der Waals surface area contributed by atoms with Gasteiger partial charge in [-0.2, -0.15) is 5.26 Å². The summed E-state index contributed by atoms with van der Waals surface area (Å²) in [4.78, 5) is 33.5. The van der Waals surface area contributed by atoms with E-state index in [-0.39, 0.29) is 18.0 Å². The molecule has 1 atom stereocenters. The zero-order valence-corrected chi connectivity index (χ0v) is 21.9. The summed E-state index contributed by atoms with van der Waals surface area (Å²) < 4.78 is 5.53. The van der Waals surface area contributed by atoms with Gasteiger partial charge in [0.05, 0.1) is 16.8 Å². The molecule has 1 saturated heterocycles. The lowest BCUT2D eigenvalue weighted by Crippen LogP contribution is -2.54. The molecule has 3 rings (SSSR count). The first-order valence-electron chi connectivity index (χ1n) is 11.6. The van der Waals surface area contributed by atoms with Crippen molar-refractivity contribution < 1.29 is 14.3 Å². The lowest BCUT2D eigenvalue weighted by Gasteiger charge is -2.40. The van der Waals surface area contributed by atoms with Crippen LogP contribution in [0.25, 0.3) is 0 Å². The van der Waals surface area contributed by atoms with E-state index >= 15 is 0 Å². The molecule has 186 valence electrons. The molecule has 1 aromatic heterocycles. The van der Waals surface area contributed by atoms with Gasteiger partial charge in [-0.1, -0.05) is 11.6 Å². The monoisotopic (exact) mass is 497 g/mol. The molecule has 2 aromatic rings. The number of nitrogens with zero attached hydrogens (tertiary/aromatic N) is 4. The predicted octanol–water partition coefficient (Wildman–Crippen LogP) is 4.92. The Morgan fingerprint density at radius 3 is 2.60 bits per heavy atom. The number of nitriles is 1. The Morgan fingerprint density at radius 1 is 1.26 bits per heavy atom. The molecule has 9 heteroatoms. The Balaban J connectivity index is 1.71. The number of carbonyl (C=O) groups is 2. The molecule has 0 saturated carbocycles. The quantitative estimate of drug-likeness (QED) is 0.643. The van der Waals surface area contributed by atoms with Crippen LogP contribution in [0.15, 0.2) is 24.4 Å². The second kappa shape index (κ2) is 10.6. The number of hydrogen-bond donors (Lipinski definition) is 1. The summed E-state index contributed by atoms with van der Waals surface area (Å²) in [5, 5.41) is 12.7. The third-order valence-corrected chi connectivity index (χ3v) is 6.15. The highest BCUT2D eigenvalue weighted by atomic mass is 35.5. The van der Waals surface area contributed by atoms with Gasteiger partial charge in [0.25, 0.3) is 5.91 Å². The van der Waals surface area contributed by atoms with Crippen LogP contribution >= 0.6 is 11.6 Å². The molecular formula is C26H32ClN5O3. The lowest BCUT2D eigenvalue weighted by molar-refractivity contribution is 0.000535. The summed E-state index contributed by atoms with van der Waals surface area (Å²) in [7, 11) is 0. The maximum atomic E-state index is 12.8. The first kappa shape index (κ1) is 26.5. The fourth-order valence-corrected chi connectivity index (χ4v) is 4.24. The van der Waals surface area contributed by atoms with Crippen molar-refractivity contribution in [2.45, 2.75) is 59.7 Å². The highest BCUT2D eigenvalue weighted by molar-refractivity contribution is 6.31. The number of anilines is 1. The van der Waals surface area contributed by atoms with E-state index in [2.05, 4.69) is 21.3 Å². The van der Waals surface area contributed by atoms with Gasteiger partial charge in [-0.3, -0.25) is 14.7 Å². The van der Waals surface area contributed by atoms with E-state index in [9.17, 15) is 14.9 Å². The summed E-state index contributed by atoms with van der Waals surface area (Å²) in [6.45, 7) is 13.9. The molecule has 0 aliphatic carbocycles. The number of aryl methyl sites for hydroxylation is 1. The molecule has 2 amide bonds. The smallest absolute Gasteiger partial charge is 0.410 e. The van der Waals surface area contributed by atoms with E-state index in [1.54, 1.807) is 17.9 Å². The number of halogens is 1. The number of rotatable bonds is 4. The summed E-state index contributed by atoms with van der Waals surface area (Å²) in [6, 6.07) is 7.20. The van der Waals surface area contributed by atoms with Gasteiger partial charge in [0.1, 0.15) is 11.7 Å². The Hall–Kier alpha value is -3.15. The fraction of sp³-hybridized carbons (Fsp3) is 0.462. The van der Waals surface area contributed by atoms with E-state index in [0.717, 1.165) is 11.1 Å². The standard InChI is InChI=1S/C26H32ClN5O3/c1-16-14-31(7-8-32(16)25(34)35-26(4,5)6)15-21-10-22(27)11-23(17(21)2)30-24(33)20-9-19(12-28)18(3)29-13-20/h9-11,13,16H,7-8,14-15H2,1-6H3,(H,30,33)/t16-/m0/s1. The van der Waals surface area contributed by atoms with E-state index in [0.29, 0.717) is 53.7 Å². The van der Waals surface area contributed by atoms with Crippen LogP contribution in [-0.4, -0.2) is 58.1 Å². The second-order valence-corrected chi connectivity index (χ2v) is 10.4. The summed E-state index contributed by atoms with van der Waals surface area (Å²) >= 11 is 6.40. The molecule has 0 unspecified atom stereocenters. The Bertz CT molecular complexity index is 1170. The van der Waals surface area contributed by atoms with Gasteiger partial charge in [0.15, 0.2) is 0 Å². The molecule has 0 spiro atoms. The van der Waals surface area contributed by atoms with E-state index in [1.165, 1.54) is 12.3 Å². The van der Waals surface area contributed by atoms with Crippen LogP contribution in [0, 0.1) is 25.2 Å². The summed E-state index contributed by atoms with van der Waals surface area (Å²) in [6.07, 6.45) is 1.16. The summed E-state index contributed by atoms with van der Waals surface area (Å²) in [5.41, 5.74) is 3.22. The average Bonchev–Trinajstić information content (AvgIpc) is 2.76. The number of ether oxygens (including phenoxy) is 1. The SMILES string of the molecule is Cc1ncc(C(=O)Nc2cc(Cl)cc(CN3CCN(C(=O)OC(C)(C)C)[C@@H](C)C3)c2C)cc1C#N. The maximum Gasteiger partial charge on any atom is 0.410 e. The fourth-order valence-electron chi connectivity index (χ4n) is 4.00. The van der Waals surface area contributed by atoms with Crippen LogP contribution in [-0.2, 0) is 11.3 Å². The lowest BCUT2D eigenvalue weighted by atomic mass is 10.0. The summed E-state index contributed by atoms with van der Waals surface area (Å²) in [5.74, 6) is -0.357. The molecule has 35 heavy (non-hydrogen) atoms. The normalized spacial score (nSPS) is 16.5. The van der Waals surface area contributed by atoms with Crippen LogP contribution < -0.4 is 5.32 Å². The average molecular weight is 498 g/mol. The number of piperazine rings is 1. The van der Waals surface area contributed by atoms with Crippen molar-refractivity contribution in [3.8, 4) is 6.07 Å². The van der Waals surface area contributed by atoms with Crippen molar-refractivity contribution in [2.75, 3.05) is 25.0 Å². The minimum Gasteiger partial charge on any atom is -0.444 e. The minimum absolute atomic E-state index is 0.000584. The maximum absolute atomic E-state index is 12.8. The third-order valence-electron chi connectivity index (χ3n) is 5.93. The number of carbonyl (C=O) groups excluding carboxylic acids is 2. The van der Waals surface area contributed by atoms with Crippen LogP contribution in [0.3, 0.4) is 0 Å². The van der Waals surface area contributed by atoms with Gasteiger partial charge in [-0.15, -0.1) is 0 Å². The highest BCUT2D eigenvalue weighted by Gasteiger charge is 2.31. The Morgan fingerprint density at radius 2 is 1.97 bits per heavy atom. The molecule has 1 fully saturated rings. The molecule has 0 radical (unpaired) electrons. The van der Waals surface area contributed by atoms with E-state index in [4.69, 9.17) is 16.3 Å².